The number of nitrogens with one attached hydrogen (secondary N) is 3. The number of hydrogen-bond acceptors (Lipinski definition) is 4. The van der Waals surface area contributed by atoms with Crippen LogP contribution in [0.2, 0.25) is 0 Å². The molecular weight excluding hydrogens is 274 g/mol. The molecule has 3 N–H and O–H groups in total. The molecule has 3 rings (SSSR count). The zero-order valence-electron chi connectivity index (χ0n) is 13.3. The van der Waals surface area contributed by atoms with Crippen LogP contribution in [-0.2, 0) is 6.54 Å². The van der Waals surface area contributed by atoms with Crippen LogP contribution >= 0.6 is 0 Å². The van der Waals surface area contributed by atoms with Gasteiger partial charge in [0.15, 0.2) is 0 Å². The minimum atomic E-state index is 0.368. The Kier molecular flexibility index (Phi) is 4.87. The molecular formula is C17H25N5. The maximum absolute atomic E-state index is 4.35. The molecule has 0 spiro atoms. The Balaban J connectivity index is 1.52. The van der Waals surface area contributed by atoms with Crippen LogP contribution in [0.15, 0.2) is 42.7 Å². The van der Waals surface area contributed by atoms with Gasteiger partial charge in [0, 0.05) is 31.2 Å². The van der Waals surface area contributed by atoms with Crippen LogP contribution in [0.1, 0.15) is 24.1 Å². The quantitative estimate of drug-likeness (QED) is 0.759. The zero-order valence-corrected chi connectivity index (χ0v) is 13.3. The first-order valence-corrected chi connectivity index (χ1v) is 7.98. The van der Waals surface area contributed by atoms with Gasteiger partial charge >= 0.3 is 0 Å². The molecule has 1 saturated heterocycles. The molecule has 1 aliphatic rings. The lowest BCUT2D eigenvalue weighted by atomic mass is 9.95. The van der Waals surface area contributed by atoms with E-state index in [0.717, 1.165) is 19.6 Å². The van der Waals surface area contributed by atoms with Crippen LogP contribution in [0.25, 0.3) is 0 Å². The van der Waals surface area contributed by atoms with E-state index in [-0.39, 0.29) is 0 Å². The van der Waals surface area contributed by atoms with Crippen molar-refractivity contribution in [3.8, 4) is 0 Å². The van der Waals surface area contributed by atoms with Gasteiger partial charge in [-0.1, -0.05) is 30.3 Å². The highest BCUT2D eigenvalue weighted by atomic mass is 15.4. The smallest absolute Gasteiger partial charge is 0.0560 e. The normalized spacial score (nSPS) is 22.8. The van der Waals surface area contributed by atoms with Crippen LogP contribution in [0.3, 0.4) is 0 Å². The van der Waals surface area contributed by atoms with E-state index in [1.807, 2.05) is 10.9 Å². The van der Waals surface area contributed by atoms with E-state index in [1.165, 1.54) is 11.1 Å². The van der Waals surface area contributed by atoms with E-state index >= 15 is 0 Å². The largest absolute Gasteiger partial charge is 0.312 e. The van der Waals surface area contributed by atoms with Gasteiger partial charge in [-0.3, -0.25) is 10.1 Å². The third kappa shape index (κ3) is 3.74. The predicted molar refractivity (Wildman–Crippen MR) is 88.2 cm³/mol. The van der Waals surface area contributed by atoms with Crippen molar-refractivity contribution in [1.29, 1.82) is 0 Å². The molecule has 1 aliphatic heterocycles. The second kappa shape index (κ2) is 7.05. The fourth-order valence-corrected chi connectivity index (χ4v) is 3.01. The Labute approximate surface area is 132 Å². The number of aryl methyl sites for hydroxylation is 1. The van der Waals surface area contributed by atoms with E-state index < -0.39 is 0 Å². The van der Waals surface area contributed by atoms with Gasteiger partial charge in [-0.2, -0.15) is 5.10 Å². The highest BCUT2D eigenvalue weighted by Crippen LogP contribution is 2.24. The van der Waals surface area contributed by atoms with Crippen molar-refractivity contribution >= 4 is 0 Å². The Hall–Kier alpha value is -1.69. The van der Waals surface area contributed by atoms with Gasteiger partial charge in [0.2, 0.25) is 0 Å². The van der Waals surface area contributed by atoms with Crippen LogP contribution in [-0.4, -0.2) is 28.9 Å². The van der Waals surface area contributed by atoms with E-state index in [1.54, 1.807) is 0 Å². The fraction of sp³-hybridized carbons (Fsp3) is 0.471. The van der Waals surface area contributed by atoms with Crippen molar-refractivity contribution < 1.29 is 0 Å². The molecule has 3 atom stereocenters. The maximum atomic E-state index is 4.35. The van der Waals surface area contributed by atoms with Crippen molar-refractivity contribution in [3.05, 3.63) is 53.9 Å². The summed E-state index contributed by atoms with van der Waals surface area (Å²) < 4.78 is 2.01. The molecule has 0 bridgehead atoms. The minimum Gasteiger partial charge on any atom is -0.312 e. The fourth-order valence-electron chi connectivity index (χ4n) is 3.01. The molecule has 5 heteroatoms. The average Bonchev–Trinajstić information content (AvgIpc) is 3.15. The summed E-state index contributed by atoms with van der Waals surface area (Å²) in [4.78, 5) is 0. The first-order valence-electron chi connectivity index (χ1n) is 7.98. The van der Waals surface area contributed by atoms with Crippen molar-refractivity contribution in [3.63, 3.8) is 0 Å². The van der Waals surface area contributed by atoms with Gasteiger partial charge in [0.05, 0.1) is 18.8 Å². The van der Waals surface area contributed by atoms with Crippen molar-refractivity contribution in [2.75, 3.05) is 13.1 Å². The summed E-state index contributed by atoms with van der Waals surface area (Å²) in [5.74, 6) is 0.546. The van der Waals surface area contributed by atoms with E-state index in [0.29, 0.717) is 18.0 Å². The monoisotopic (exact) mass is 299 g/mol. The Bertz CT molecular complexity index is 580. The molecule has 2 aromatic rings. The third-order valence-corrected chi connectivity index (χ3v) is 4.20. The van der Waals surface area contributed by atoms with Crippen molar-refractivity contribution in [2.24, 2.45) is 5.92 Å². The highest BCUT2D eigenvalue weighted by molar-refractivity contribution is 5.20. The molecule has 22 heavy (non-hydrogen) atoms. The van der Waals surface area contributed by atoms with E-state index in [2.05, 4.69) is 71.6 Å². The molecule has 118 valence electrons. The number of nitrogens with zero attached hydrogens (tertiary/aromatic N) is 2. The summed E-state index contributed by atoms with van der Waals surface area (Å²) in [6.45, 7) is 7.16. The number of benzene rings is 1. The van der Waals surface area contributed by atoms with Crippen LogP contribution in [0.5, 0.6) is 0 Å². The first-order chi connectivity index (χ1) is 10.7. The number of aromatic nitrogens is 2. The van der Waals surface area contributed by atoms with E-state index in [9.17, 15) is 0 Å². The molecule has 1 fully saturated rings. The lowest BCUT2D eigenvalue weighted by Gasteiger charge is -2.22. The molecule has 0 amide bonds. The molecule has 2 heterocycles. The predicted octanol–water partition coefficient (Wildman–Crippen LogP) is 1.63. The zero-order chi connectivity index (χ0) is 15.4. The summed E-state index contributed by atoms with van der Waals surface area (Å²) in [6, 6.07) is 11.4. The summed E-state index contributed by atoms with van der Waals surface area (Å²) in [5, 5.41) is 7.99. The second-order valence-corrected chi connectivity index (χ2v) is 6.22. The SMILES string of the molecule is Cc1cnn(CC(C)NCC2CNNC2c2ccccc2)c1. The summed E-state index contributed by atoms with van der Waals surface area (Å²) >= 11 is 0. The van der Waals surface area contributed by atoms with Gasteiger partial charge in [0.25, 0.3) is 0 Å². The molecule has 0 saturated carbocycles. The third-order valence-electron chi connectivity index (χ3n) is 4.20. The first kappa shape index (κ1) is 15.2. The molecule has 5 nitrogen and oxygen atoms in total. The van der Waals surface area contributed by atoms with Crippen LogP contribution in [0.4, 0.5) is 0 Å². The van der Waals surface area contributed by atoms with Crippen LogP contribution < -0.4 is 16.2 Å². The average molecular weight is 299 g/mol. The lowest BCUT2D eigenvalue weighted by molar-refractivity contribution is 0.385. The minimum absolute atomic E-state index is 0.368. The Morgan fingerprint density at radius 3 is 2.91 bits per heavy atom. The van der Waals surface area contributed by atoms with Gasteiger partial charge in [0.1, 0.15) is 0 Å². The van der Waals surface area contributed by atoms with Crippen molar-refractivity contribution in [2.45, 2.75) is 32.5 Å². The number of hydrogen-bond donors (Lipinski definition) is 3. The molecule has 3 unspecified atom stereocenters. The standard InChI is InChI=1S/C17H25N5/c1-13-8-20-22(11-13)12-14(2)18-9-16-10-19-21-17(16)15-6-4-3-5-7-15/h3-8,11,14,16-19,21H,9-10,12H2,1-2H3. The summed E-state index contributed by atoms with van der Waals surface area (Å²) in [7, 11) is 0. The Morgan fingerprint density at radius 1 is 1.36 bits per heavy atom. The molecule has 1 aromatic carbocycles. The maximum Gasteiger partial charge on any atom is 0.0560 e. The van der Waals surface area contributed by atoms with Gasteiger partial charge in [-0.25, -0.2) is 5.43 Å². The van der Waals surface area contributed by atoms with Gasteiger partial charge in [-0.05, 0) is 25.0 Å². The van der Waals surface area contributed by atoms with Gasteiger partial charge in [-0.15, -0.1) is 0 Å². The Morgan fingerprint density at radius 2 is 2.18 bits per heavy atom. The van der Waals surface area contributed by atoms with E-state index in [4.69, 9.17) is 0 Å². The number of rotatable bonds is 6. The van der Waals surface area contributed by atoms with Crippen molar-refractivity contribution in [1.82, 2.24) is 25.9 Å². The second-order valence-electron chi connectivity index (χ2n) is 6.22. The van der Waals surface area contributed by atoms with Gasteiger partial charge < -0.3 is 5.32 Å². The molecule has 0 aliphatic carbocycles. The molecule has 0 radical (unpaired) electrons. The summed E-state index contributed by atoms with van der Waals surface area (Å²) in [5.41, 5.74) is 9.23. The topological polar surface area (TPSA) is 53.9 Å². The van der Waals surface area contributed by atoms with Crippen LogP contribution in [0, 0.1) is 12.8 Å². The lowest BCUT2D eigenvalue weighted by Crippen LogP contribution is -2.36. The number of hydrazine groups is 1. The summed E-state index contributed by atoms with van der Waals surface area (Å²) in [6.07, 6.45) is 3.99. The highest BCUT2D eigenvalue weighted by Gasteiger charge is 2.27. The molecule has 1 aromatic heterocycles.